The van der Waals surface area contributed by atoms with Crippen molar-refractivity contribution >= 4 is 105 Å². The van der Waals surface area contributed by atoms with Crippen LogP contribution in [0.5, 0.6) is 0 Å². The maximum atomic E-state index is 13.4. The van der Waals surface area contributed by atoms with E-state index in [-0.39, 0.29) is 40.5 Å². The molecule has 0 aromatic heterocycles. The topological polar surface area (TPSA) is 263 Å². The van der Waals surface area contributed by atoms with Crippen molar-refractivity contribution in [2.24, 2.45) is 5.41 Å². The van der Waals surface area contributed by atoms with E-state index in [1.807, 2.05) is 0 Å². The minimum atomic E-state index is -1.37. The first-order valence-electron chi connectivity index (χ1n) is 23.1. The molecule has 6 N–H and O–H groups in total. The summed E-state index contributed by atoms with van der Waals surface area (Å²) < 4.78 is 16.9. The molecule has 386 valence electrons. The van der Waals surface area contributed by atoms with Gasteiger partial charge < -0.3 is 30.2 Å². The Morgan fingerprint density at radius 3 is 0.827 bits per heavy atom. The molecule has 12 amide bonds. The second-order valence-corrected chi connectivity index (χ2v) is 16.6. The monoisotopic (exact) mass is 1020 g/mol. The molecule has 21 nitrogen and oxygen atoms in total. The molecule has 0 aliphatic carbocycles. The summed E-state index contributed by atoms with van der Waals surface area (Å²) in [5.74, 6) is -1.60. The van der Waals surface area contributed by atoms with Crippen LogP contribution in [0, 0.1) is 5.41 Å². The van der Waals surface area contributed by atoms with E-state index in [1.165, 1.54) is 57.2 Å². The Balaban J connectivity index is 1.13. The minimum absolute atomic E-state index is 0.113. The number of rotatable bonds is 16. The standard InChI is InChI=1S/C54H53N9O12/c1-5-54(33-73-51(70)58-42-21-15-18-39(30-42)55-48(67)61(36(2)64)45-24-9-6-10-25-45,34-74-52(71)59-43-22-16-19-40(31-43)56-49(68)62(37(3)65)46-26-11-7-12-27-46)35-75-53(72)60-44-23-17-20-41(32-44)57-50(69)63(38(4)66)47-28-13-8-14-29-47/h6-32H,5,33-35H2,1-4H3,(H,55,67)(H,56,68)(H,57,69)(H,58,70)(H,59,71)(H,60,72). The van der Waals surface area contributed by atoms with Gasteiger partial charge in [-0.05, 0) is 97.4 Å². The average molecular weight is 1020 g/mol. The number of carbonyl (C=O) groups is 9. The first kappa shape index (κ1) is 54.3. The Hall–Kier alpha value is -10.1. The van der Waals surface area contributed by atoms with E-state index in [1.54, 1.807) is 134 Å². The van der Waals surface area contributed by atoms with E-state index in [2.05, 4.69) is 31.9 Å². The molecule has 6 aromatic carbocycles. The summed E-state index contributed by atoms with van der Waals surface area (Å²) in [5, 5.41) is 15.7. The number of nitrogens with zero attached hydrogens (tertiary/aromatic N) is 3. The second kappa shape index (κ2) is 25.9. The van der Waals surface area contributed by atoms with Gasteiger partial charge in [-0.2, -0.15) is 0 Å². The molecule has 0 fully saturated rings. The highest BCUT2D eigenvalue weighted by atomic mass is 16.6. The SMILES string of the molecule is CCC(COC(=O)Nc1cccc(NC(=O)N(C(C)=O)c2ccccc2)c1)(COC(=O)Nc1cccc(NC(=O)N(C(C)=O)c2ccccc2)c1)COC(=O)Nc1cccc(NC(=O)N(C(C)=O)c2ccccc2)c1. The van der Waals surface area contributed by atoms with Crippen molar-refractivity contribution in [3.8, 4) is 0 Å². The third-order valence-corrected chi connectivity index (χ3v) is 11.0. The summed E-state index contributed by atoms with van der Waals surface area (Å²) >= 11 is 0. The van der Waals surface area contributed by atoms with Crippen molar-refractivity contribution in [2.45, 2.75) is 34.1 Å². The zero-order chi connectivity index (χ0) is 53.9. The Morgan fingerprint density at radius 1 is 0.360 bits per heavy atom. The molecule has 0 radical (unpaired) electrons. The predicted molar refractivity (Wildman–Crippen MR) is 283 cm³/mol. The molecule has 0 saturated heterocycles. The largest absolute Gasteiger partial charge is 0.448 e. The van der Waals surface area contributed by atoms with Gasteiger partial charge in [0.15, 0.2) is 0 Å². The third-order valence-electron chi connectivity index (χ3n) is 11.0. The predicted octanol–water partition coefficient (Wildman–Crippen LogP) is 10.9. The van der Waals surface area contributed by atoms with Gasteiger partial charge in [0.25, 0.3) is 0 Å². The molecule has 6 aromatic rings. The highest BCUT2D eigenvalue weighted by Crippen LogP contribution is 2.27. The molecule has 0 unspecified atom stereocenters. The van der Waals surface area contributed by atoms with Crippen LogP contribution < -0.4 is 46.6 Å². The first-order chi connectivity index (χ1) is 36.0. The van der Waals surface area contributed by atoms with Gasteiger partial charge >= 0.3 is 36.4 Å². The summed E-state index contributed by atoms with van der Waals surface area (Å²) in [7, 11) is 0. The molecule has 0 spiro atoms. The Morgan fingerprint density at radius 2 is 0.600 bits per heavy atom. The highest BCUT2D eigenvalue weighted by Gasteiger charge is 2.35. The van der Waals surface area contributed by atoms with Gasteiger partial charge in [0.05, 0.1) is 22.5 Å². The minimum Gasteiger partial charge on any atom is -0.448 e. The number of anilines is 9. The van der Waals surface area contributed by atoms with Crippen LogP contribution in [-0.2, 0) is 28.6 Å². The van der Waals surface area contributed by atoms with Crippen molar-refractivity contribution in [1.29, 1.82) is 0 Å². The second-order valence-electron chi connectivity index (χ2n) is 16.6. The van der Waals surface area contributed by atoms with E-state index < -0.39 is 79.3 Å². The van der Waals surface area contributed by atoms with Crippen LogP contribution in [0.25, 0.3) is 0 Å². The Labute approximate surface area is 431 Å². The van der Waals surface area contributed by atoms with Crippen molar-refractivity contribution in [2.75, 3.05) is 66.4 Å². The number of ether oxygens (including phenoxy) is 3. The number of amides is 12. The number of nitrogens with one attached hydrogen (secondary N) is 6. The van der Waals surface area contributed by atoms with E-state index >= 15 is 0 Å². The fourth-order valence-corrected chi connectivity index (χ4v) is 7.17. The van der Waals surface area contributed by atoms with Crippen molar-refractivity contribution in [3.05, 3.63) is 164 Å². The van der Waals surface area contributed by atoms with E-state index in [0.717, 1.165) is 14.7 Å². The molecule has 0 heterocycles. The Kier molecular flexibility index (Phi) is 18.7. The zero-order valence-corrected chi connectivity index (χ0v) is 41.2. The number of hydrogen-bond donors (Lipinski definition) is 6. The molecule has 0 bridgehead atoms. The maximum absolute atomic E-state index is 13.4. The van der Waals surface area contributed by atoms with Crippen LogP contribution in [0.2, 0.25) is 0 Å². The van der Waals surface area contributed by atoms with E-state index in [9.17, 15) is 43.2 Å². The lowest BCUT2D eigenvalue weighted by atomic mass is 9.88. The number of imide groups is 3. The van der Waals surface area contributed by atoms with Crippen LogP contribution in [0.15, 0.2) is 164 Å². The van der Waals surface area contributed by atoms with Crippen LogP contribution >= 0.6 is 0 Å². The van der Waals surface area contributed by atoms with Gasteiger partial charge in [-0.15, -0.1) is 0 Å². The third kappa shape index (κ3) is 15.7. The highest BCUT2D eigenvalue weighted by molar-refractivity contribution is 6.19. The van der Waals surface area contributed by atoms with Crippen LogP contribution in [0.1, 0.15) is 34.1 Å². The molecular formula is C54H53N9O12. The molecule has 21 heteroatoms. The number of urea groups is 3. The quantitative estimate of drug-likeness (QED) is 0.0495. The van der Waals surface area contributed by atoms with Crippen LogP contribution in [-0.4, -0.2) is 73.9 Å². The van der Waals surface area contributed by atoms with Crippen molar-refractivity contribution in [3.63, 3.8) is 0 Å². The molecule has 0 aliphatic heterocycles. The fourth-order valence-electron chi connectivity index (χ4n) is 7.17. The summed E-state index contributed by atoms with van der Waals surface area (Å²) in [6.45, 7) is 4.01. The van der Waals surface area contributed by atoms with E-state index in [4.69, 9.17) is 14.2 Å². The smallest absolute Gasteiger partial charge is 0.411 e. The summed E-state index contributed by atoms with van der Waals surface area (Å²) in [6.07, 6.45) is -2.79. The number of para-hydroxylation sites is 3. The molecule has 0 aliphatic rings. The first-order valence-corrected chi connectivity index (χ1v) is 23.1. The molecule has 0 atom stereocenters. The van der Waals surface area contributed by atoms with Crippen LogP contribution in [0.4, 0.5) is 80.0 Å². The number of benzene rings is 6. The summed E-state index contributed by atoms with van der Waals surface area (Å²) in [6, 6.07) is 40.8. The van der Waals surface area contributed by atoms with Gasteiger partial charge in [0, 0.05) is 54.9 Å². The number of hydrogen-bond acceptors (Lipinski definition) is 12. The zero-order valence-electron chi connectivity index (χ0n) is 41.2. The van der Waals surface area contributed by atoms with Gasteiger partial charge in [0.2, 0.25) is 17.7 Å². The lowest BCUT2D eigenvalue weighted by Gasteiger charge is -2.31. The maximum Gasteiger partial charge on any atom is 0.411 e. The Bertz CT molecular complexity index is 2710. The molecular weight excluding hydrogens is 967 g/mol. The summed E-state index contributed by atoms with van der Waals surface area (Å²) in [5.41, 5.74) is 0.950. The van der Waals surface area contributed by atoms with Gasteiger partial charge in [-0.25, -0.2) is 43.5 Å². The molecule has 0 saturated carbocycles. The van der Waals surface area contributed by atoms with Gasteiger partial charge in [-0.3, -0.25) is 30.3 Å². The molecule has 75 heavy (non-hydrogen) atoms. The van der Waals surface area contributed by atoms with Crippen molar-refractivity contribution in [1.82, 2.24) is 0 Å². The normalized spacial score (nSPS) is 10.6. The van der Waals surface area contributed by atoms with Gasteiger partial charge in [-0.1, -0.05) is 79.7 Å². The molecule has 6 rings (SSSR count). The van der Waals surface area contributed by atoms with Crippen LogP contribution in [0.3, 0.4) is 0 Å². The lowest BCUT2D eigenvalue weighted by molar-refractivity contribution is -0.116. The lowest BCUT2D eigenvalue weighted by Crippen LogP contribution is -2.40. The van der Waals surface area contributed by atoms with Crippen molar-refractivity contribution < 1.29 is 57.4 Å². The number of carbonyl (C=O) groups excluding carboxylic acids is 9. The fraction of sp³-hybridized carbons (Fsp3) is 0.167. The average Bonchev–Trinajstić information content (AvgIpc) is 3.37. The van der Waals surface area contributed by atoms with Gasteiger partial charge in [0.1, 0.15) is 19.8 Å². The van der Waals surface area contributed by atoms with E-state index in [0.29, 0.717) is 17.1 Å². The summed E-state index contributed by atoms with van der Waals surface area (Å²) in [4.78, 5) is 120.